The van der Waals surface area contributed by atoms with Gasteiger partial charge < -0.3 is 5.32 Å². The molecule has 0 aromatic heterocycles. The minimum atomic E-state index is -2.85. The van der Waals surface area contributed by atoms with Crippen molar-refractivity contribution in [2.75, 3.05) is 18.1 Å². The number of aryl methyl sites for hydroxylation is 2. The van der Waals surface area contributed by atoms with Gasteiger partial charge in [0.05, 0.1) is 5.75 Å². The highest BCUT2D eigenvalue weighted by Gasteiger charge is 2.05. The van der Waals surface area contributed by atoms with E-state index in [9.17, 15) is 8.42 Å². The van der Waals surface area contributed by atoms with E-state index in [1.54, 1.807) is 6.92 Å². The molecule has 0 amide bonds. The lowest BCUT2D eigenvalue weighted by Gasteiger charge is -2.07. The summed E-state index contributed by atoms with van der Waals surface area (Å²) in [6.45, 7) is 7.09. The van der Waals surface area contributed by atoms with Crippen molar-refractivity contribution in [2.24, 2.45) is 0 Å². The maximum atomic E-state index is 11.3. The van der Waals surface area contributed by atoms with Gasteiger partial charge in [-0.15, -0.1) is 0 Å². The molecule has 1 rings (SSSR count). The van der Waals surface area contributed by atoms with Crippen LogP contribution in [0.2, 0.25) is 0 Å². The Hall–Kier alpha value is -0.870. The van der Waals surface area contributed by atoms with E-state index in [0.29, 0.717) is 6.54 Å². The average Bonchev–Trinajstić information content (AvgIpc) is 2.29. The number of hydrogen-bond acceptors (Lipinski definition) is 3. The third-order valence-electron chi connectivity index (χ3n) is 2.93. The van der Waals surface area contributed by atoms with E-state index in [1.807, 2.05) is 0 Å². The molecule has 96 valence electrons. The van der Waals surface area contributed by atoms with Gasteiger partial charge in [0.15, 0.2) is 9.84 Å². The molecule has 0 bridgehead atoms. The second kappa shape index (κ2) is 6.17. The molecule has 4 heteroatoms. The van der Waals surface area contributed by atoms with E-state index in [-0.39, 0.29) is 11.5 Å². The van der Waals surface area contributed by atoms with Gasteiger partial charge in [0.25, 0.3) is 0 Å². The molecule has 0 heterocycles. The zero-order valence-electron chi connectivity index (χ0n) is 10.8. The molecule has 0 radical (unpaired) electrons. The molecule has 1 N–H and O–H groups in total. The fraction of sp³-hybridized carbons (Fsp3) is 0.538. The van der Waals surface area contributed by atoms with Crippen molar-refractivity contribution in [1.82, 2.24) is 5.32 Å². The van der Waals surface area contributed by atoms with Gasteiger partial charge in [-0.25, -0.2) is 8.42 Å². The van der Waals surface area contributed by atoms with Crippen LogP contribution in [0.1, 0.15) is 23.6 Å². The first-order valence-corrected chi connectivity index (χ1v) is 7.74. The summed E-state index contributed by atoms with van der Waals surface area (Å²) in [7, 11) is -2.85. The molecule has 1 aromatic rings. The fourth-order valence-corrected chi connectivity index (χ4v) is 2.26. The van der Waals surface area contributed by atoms with Crippen LogP contribution in [0.15, 0.2) is 18.2 Å². The molecule has 0 atom stereocenters. The average molecular weight is 255 g/mol. The van der Waals surface area contributed by atoms with Gasteiger partial charge >= 0.3 is 0 Å². The van der Waals surface area contributed by atoms with Crippen LogP contribution in [0.4, 0.5) is 0 Å². The van der Waals surface area contributed by atoms with Gasteiger partial charge in [-0.3, -0.25) is 0 Å². The SMILES string of the molecule is CCS(=O)(=O)CCNCc1ccc(C)c(C)c1. The van der Waals surface area contributed by atoms with Crippen molar-refractivity contribution in [3.63, 3.8) is 0 Å². The van der Waals surface area contributed by atoms with E-state index >= 15 is 0 Å². The number of benzene rings is 1. The monoisotopic (exact) mass is 255 g/mol. The third-order valence-corrected chi connectivity index (χ3v) is 4.64. The molecule has 3 nitrogen and oxygen atoms in total. The Morgan fingerprint density at radius 2 is 1.88 bits per heavy atom. The predicted molar refractivity (Wildman–Crippen MR) is 72.0 cm³/mol. The second-order valence-electron chi connectivity index (χ2n) is 4.33. The minimum absolute atomic E-state index is 0.217. The van der Waals surface area contributed by atoms with Crippen LogP contribution in [0, 0.1) is 13.8 Å². The van der Waals surface area contributed by atoms with E-state index in [1.165, 1.54) is 16.7 Å². The summed E-state index contributed by atoms with van der Waals surface area (Å²) in [4.78, 5) is 0. The quantitative estimate of drug-likeness (QED) is 0.789. The van der Waals surface area contributed by atoms with Crippen LogP contribution in [-0.4, -0.2) is 26.5 Å². The van der Waals surface area contributed by atoms with E-state index in [2.05, 4.69) is 37.4 Å². The Morgan fingerprint density at radius 3 is 2.47 bits per heavy atom. The molecular formula is C13H21NO2S. The van der Waals surface area contributed by atoms with E-state index < -0.39 is 9.84 Å². The van der Waals surface area contributed by atoms with Crippen molar-refractivity contribution in [1.29, 1.82) is 0 Å². The minimum Gasteiger partial charge on any atom is -0.312 e. The normalized spacial score (nSPS) is 11.7. The van der Waals surface area contributed by atoms with Crippen LogP contribution in [-0.2, 0) is 16.4 Å². The van der Waals surface area contributed by atoms with Crippen LogP contribution in [0.3, 0.4) is 0 Å². The number of nitrogens with one attached hydrogen (secondary N) is 1. The third kappa shape index (κ3) is 4.88. The van der Waals surface area contributed by atoms with Crippen LogP contribution < -0.4 is 5.32 Å². The lowest BCUT2D eigenvalue weighted by atomic mass is 10.1. The van der Waals surface area contributed by atoms with E-state index in [0.717, 1.165) is 6.54 Å². The van der Waals surface area contributed by atoms with Crippen molar-refractivity contribution >= 4 is 9.84 Å². The molecular weight excluding hydrogens is 234 g/mol. The molecule has 0 saturated heterocycles. The first kappa shape index (κ1) is 14.2. The maximum absolute atomic E-state index is 11.3. The molecule has 0 saturated carbocycles. The number of sulfone groups is 1. The first-order valence-electron chi connectivity index (χ1n) is 5.92. The molecule has 17 heavy (non-hydrogen) atoms. The standard InChI is InChI=1S/C13H21NO2S/c1-4-17(15,16)8-7-14-10-13-6-5-11(2)12(3)9-13/h5-6,9,14H,4,7-8,10H2,1-3H3. The van der Waals surface area contributed by atoms with Gasteiger partial charge in [0.2, 0.25) is 0 Å². The summed E-state index contributed by atoms with van der Waals surface area (Å²) in [5, 5.41) is 3.16. The lowest BCUT2D eigenvalue weighted by Crippen LogP contribution is -2.23. The van der Waals surface area contributed by atoms with Crippen molar-refractivity contribution < 1.29 is 8.42 Å². The van der Waals surface area contributed by atoms with Crippen molar-refractivity contribution in [2.45, 2.75) is 27.3 Å². The zero-order valence-corrected chi connectivity index (χ0v) is 11.6. The Labute approximate surface area is 104 Å². The summed E-state index contributed by atoms with van der Waals surface area (Å²) in [5.41, 5.74) is 3.75. The Morgan fingerprint density at radius 1 is 1.18 bits per heavy atom. The van der Waals surface area contributed by atoms with Crippen LogP contribution >= 0.6 is 0 Å². The van der Waals surface area contributed by atoms with Gasteiger partial charge in [0, 0.05) is 18.8 Å². The maximum Gasteiger partial charge on any atom is 0.151 e. The number of rotatable bonds is 6. The largest absolute Gasteiger partial charge is 0.312 e. The highest BCUT2D eigenvalue weighted by atomic mass is 32.2. The Bertz CT molecular complexity index is 466. The molecule has 0 spiro atoms. The van der Waals surface area contributed by atoms with Gasteiger partial charge in [-0.05, 0) is 30.5 Å². The summed E-state index contributed by atoms with van der Waals surface area (Å²) in [5.74, 6) is 0.437. The van der Waals surface area contributed by atoms with Crippen molar-refractivity contribution in [3.05, 3.63) is 34.9 Å². The van der Waals surface area contributed by atoms with Gasteiger partial charge in [0.1, 0.15) is 0 Å². The molecule has 1 aromatic carbocycles. The topological polar surface area (TPSA) is 46.2 Å². The van der Waals surface area contributed by atoms with Gasteiger partial charge in [-0.2, -0.15) is 0 Å². The lowest BCUT2D eigenvalue weighted by molar-refractivity contribution is 0.592. The van der Waals surface area contributed by atoms with E-state index in [4.69, 9.17) is 0 Å². The second-order valence-corrected chi connectivity index (χ2v) is 6.80. The predicted octanol–water partition coefficient (Wildman–Crippen LogP) is 1.83. The molecule has 0 fully saturated rings. The van der Waals surface area contributed by atoms with Gasteiger partial charge in [-0.1, -0.05) is 25.1 Å². The molecule has 0 aliphatic rings. The Kier molecular flexibility index (Phi) is 5.15. The highest BCUT2D eigenvalue weighted by Crippen LogP contribution is 2.09. The van der Waals surface area contributed by atoms with Crippen LogP contribution in [0.5, 0.6) is 0 Å². The zero-order chi connectivity index (χ0) is 12.9. The highest BCUT2D eigenvalue weighted by molar-refractivity contribution is 7.91. The molecule has 0 aliphatic heterocycles. The molecule has 0 unspecified atom stereocenters. The smallest absolute Gasteiger partial charge is 0.151 e. The summed E-state index contributed by atoms with van der Waals surface area (Å²) in [6.07, 6.45) is 0. The fourth-order valence-electron chi connectivity index (χ4n) is 1.52. The van der Waals surface area contributed by atoms with Crippen LogP contribution in [0.25, 0.3) is 0 Å². The summed E-state index contributed by atoms with van der Waals surface area (Å²) >= 11 is 0. The van der Waals surface area contributed by atoms with Crippen molar-refractivity contribution in [3.8, 4) is 0 Å². The summed E-state index contributed by atoms with van der Waals surface area (Å²) in [6, 6.07) is 6.30. The number of hydrogen-bond donors (Lipinski definition) is 1. The first-order chi connectivity index (χ1) is 7.94. The molecule has 0 aliphatic carbocycles. The Balaban J connectivity index is 2.39. The summed E-state index contributed by atoms with van der Waals surface area (Å²) < 4.78 is 22.5.